The average molecular weight is 418 g/mol. The molecule has 0 saturated carbocycles. The van der Waals surface area contributed by atoms with Gasteiger partial charge in [0, 0.05) is 22.0 Å². The maximum atomic E-state index is 12.5. The molecule has 0 saturated heterocycles. The Balaban J connectivity index is 1.56. The molecule has 142 valence electrons. The predicted molar refractivity (Wildman–Crippen MR) is 105 cm³/mol. The lowest BCUT2D eigenvalue weighted by Crippen LogP contribution is -2.15. The summed E-state index contributed by atoms with van der Waals surface area (Å²) < 4.78 is 11.1. The predicted octanol–water partition coefficient (Wildman–Crippen LogP) is 4.40. The fraction of sp³-hybridized carbons (Fsp3) is 0.111. The van der Waals surface area contributed by atoms with E-state index >= 15 is 0 Å². The van der Waals surface area contributed by atoms with Crippen LogP contribution in [0, 0.1) is 10.1 Å². The van der Waals surface area contributed by atoms with Gasteiger partial charge in [0.15, 0.2) is 16.6 Å². The molecule has 1 amide bonds. The summed E-state index contributed by atoms with van der Waals surface area (Å²) in [4.78, 5) is 27.4. The van der Waals surface area contributed by atoms with Crippen molar-refractivity contribution < 1.29 is 19.2 Å². The van der Waals surface area contributed by atoms with Gasteiger partial charge in [-0.3, -0.25) is 20.2 Å². The smallest absolute Gasteiger partial charge is 0.283 e. The SMILES string of the molecule is O=C(Nc1nc(-c2ccc3c(c2)OCCO3)cs1)c1ccc(Cl)cc1[N+](=O)[O-]. The fourth-order valence-electron chi connectivity index (χ4n) is 2.68. The lowest BCUT2D eigenvalue weighted by molar-refractivity contribution is -0.385. The van der Waals surface area contributed by atoms with Crippen molar-refractivity contribution in [2.24, 2.45) is 0 Å². The van der Waals surface area contributed by atoms with E-state index in [9.17, 15) is 14.9 Å². The van der Waals surface area contributed by atoms with Gasteiger partial charge in [0.05, 0.1) is 10.6 Å². The van der Waals surface area contributed by atoms with E-state index in [4.69, 9.17) is 21.1 Å². The number of carbonyl (C=O) groups excluding carboxylic acids is 1. The van der Waals surface area contributed by atoms with Crippen LogP contribution in [0.25, 0.3) is 11.3 Å². The first-order valence-electron chi connectivity index (χ1n) is 8.12. The Kier molecular flexibility index (Phi) is 4.84. The van der Waals surface area contributed by atoms with Crippen LogP contribution in [0.5, 0.6) is 11.5 Å². The molecule has 0 unspecified atom stereocenters. The summed E-state index contributed by atoms with van der Waals surface area (Å²) in [5.74, 6) is 0.680. The molecular weight excluding hydrogens is 406 g/mol. The fourth-order valence-corrected chi connectivity index (χ4v) is 3.56. The zero-order valence-corrected chi connectivity index (χ0v) is 15.7. The number of aromatic nitrogens is 1. The summed E-state index contributed by atoms with van der Waals surface area (Å²) in [5, 5.41) is 16.0. The van der Waals surface area contributed by atoms with Crippen molar-refractivity contribution in [1.29, 1.82) is 0 Å². The summed E-state index contributed by atoms with van der Waals surface area (Å²) in [7, 11) is 0. The minimum absolute atomic E-state index is 0.0921. The van der Waals surface area contributed by atoms with Crippen LogP contribution in [-0.4, -0.2) is 29.0 Å². The van der Waals surface area contributed by atoms with Crippen LogP contribution < -0.4 is 14.8 Å². The average Bonchev–Trinajstić information content (AvgIpc) is 3.15. The van der Waals surface area contributed by atoms with Gasteiger partial charge in [-0.15, -0.1) is 11.3 Å². The Morgan fingerprint density at radius 3 is 2.75 bits per heavy atom. The number of anilines is 1. The summed E-state index contributed by atoms with van der Waals surface area (Å²) in [6, 6.07) is 9.34. The highest BCUT2D eigenvalue weighted by molar-refractivity contribution is 7.14. The minimum Gasteiger partial charge on any atom is -0.486 e. The zero-order valence-electron chi connectivity index (χ0n) is 14.2. The van der Waals surface area contributed by atoms with Gasteiger partial charge in [-0.05, 0) is 30.3 Å². The number of carbonyl (C=O) groups is 1. The molecule has 28 heavy (non-hydrogen) atoms. The van der Waals surface area contributed by atoms with E-state index in [0.29, 0.717) is 35.5 Å². The Morgan fingerprint density at radius 2 is 1.96 bits per heavy atom. The second-order valence-corrected chi connectivity index (χ2v) is 7.06. The minimum atomic E-state index is -0.650. The molecule has 0 aliphatic carbocycles. The number of nitro groups is 1. The molecular formula is C18H12ClN3O5S. The molecule has 0 fully saturated rings. The summed E-state index contributed by atoms with van der Waals surface area (Å²) >= 11 is 6.99. The molecule has 0 bridgehead atoms. The van der Waals surface area contributed by atoms with Crippen LogP contribution in [0.3, 0.4) is 0 Å². The van der Waals surface area contributed by atoms with Gasteiger partial charge in [-0.25, -0.2) is 4.98 Å². The Labute approximate surface area is 167 Å². The maximum absolute atomic E-state index is 12.5. The van der Waals surface area contributed by atoms with E-state index in [1.54, 1.807) is 11.4 Å². The zero-order chi connectivity index (χ0) is 19.7. The van der Waals surface area contributed by atoms with Crippen molar-refractivity contribution in [2.45, 2.75) is 0 Å². The number of halogens is 1. The molecule has 0 spiro atoms. The summed E-state index contributed by atoms with van der Waals surface area (Å²) in [6.45, 7) is 0.991. The van der Waals surface area contributed by atoms with Crippen LogP contribution in [-0.2, 0) is 0 Å². The molecule has 1 aliphatic rings. The number of ether oxygens (including phenoxy) is 2. The van der Waals surface area contributed by atoms with E-state index in [1.807, 2.05) is 12.1 Å². The number of hydrogen-bond donors (Lipinski definition) is 1. The highest BCUT2D eigenvalue weighted by atomic mass is 35.5. The van der Waals surface area contributed by atoms with Gasteiger partial charge >= 0.3 is 0 Å². The number of thiazole rings is 1. The molecule has 0 atom stereocenters. The van der Waals surface area contributed by atoms with E-state index in [2.05, 4.69) is 10.3 Å². The third-order valence-electron chi connectivity index (χ3n) is 3.96. The quantitative estimate of drug-likeness (QED) is 0.498. The van der Waals surface area contributed by atoms with Gasteiger partial charge in [0.2, 0.25) is 0 Å². The molecule has 4 rings (SSSR count). The molecule has 2 heterocycles. The number of hydrogen-bond acceptors (Lipinski definition) is 7. The number of amides is 1. The van der Waals surface area contributed by atoms with Crippen molar-refractivity contribution in [1.82, 2.24) is 4.98 Å². The van der Waals surface area contributed by atoms with Crippen molar-refractivity contribution in [2.75, 3.05) is 18.5 Å². The van der Waals surface area contributed by atoms with E-state index in [1.165, 1.54) is 23.5 Å². The Morgan fingerprint density at radius 1 is 1.18 bits per heavy atom. The lowest BCUT2D eigenvalue weighted by atomic mass is 10.1. The van der Waals surface area contributed by atoms with Crippen LogP contribution in [0.15, 0.2) is 41.8 Å². The van der Waals surface area contributed by atoms with Crippen molar-refractivity contribution in [3.63, 3.8) is 0 Å². The van der Waals surface area contributed by atoms with Crippen molar-refractivity contribution in [3.8, 4) is 22.8 Å². The number of benzene rings is 2. The molecule has 2 aromatic carbocycles. The molecule has 3 aromatic rings. The Bertz CT molecular complexity index is 1080. The first kappa shape index (κ1) is 18.2. The molecule has 0 radical (unpaired) electrons. The number of rotatable bonds is 4. The number of nitro benzene ring substituents is 1. The normalized spacial score (nSPS) is 12.5. The highest BCUT2D eigenvalue weighted by Crippen LogP contribution is 2.35. The van der Waals surface area contributed by atoms with E-state index < -0.39 is 10.8 Å². The third-order valence-corrected chi connectivity index (χ3v) is 4.96. The summed E-state index contributed by atoms with van der Waals surface area (Å²) in [6.07, 6.45) is 0. The van der Waals surface area contributed by atoms with Gasteiger partial charge < -0.3 is 9.47 Å². The molecule has 1 N–H and O–H groups in total. The van der Waals surface area contributed by atoms with Crippen molar-refractivity contribution >= 4 is 39.7 Å². The highest BCUT2D eigenvalue weighted by Gasteiger charge is 2.22. The molecule has 1 aromatic heterocycles. The van der Waals surface area contributed by atoms with E-state index in [0.717, 1.165) is 11.6 Å². The monoisotopic (exact) mass is 417 g/mol. The lowest BCUT2D eigenvalue weighted by Gasteiger charge is -2.18. The van der Waals surface area contributed by atoms with Crippen LogP contribution in [0.1, 0.15) is 10.4 Å². The molecule has 10 heteroatoms. The second kappa shape index (κ2) is 7.45. The maximum Gasteiger partial charge on any atom is 0.283 e. The first-order chi connectivity index (χ1) is 13.5. The topological polar surface area (TPSA) is 104 Å². The molecule has 1 aliphatic heterocycles. The van der Waals surface area contributed by atoms with Crippen LogP contribution >= 0.6 is 22.9 Å². The van der Waals surface area contributed by atoms with Gasteiger partial charge in [0.25, 0.3) is 11.6 Å². The van der Waals surface area contributed by atoms with Crippen LogP contribution in [0.2, 0.25) is 5.02 Å². The van der Waals surface area contributed by atoms with Crippen LogP contribution in [0.4, 0.5) is 10.8 Å². The largest absolute Gasteiger partial charge is 0.486 e. The molecule has 8 nitrogen and oxygen atoms in total. The number of nitrogens with one attached hydrogen (secondary N) is 1. The van der Waals surface area contributed by atoms with Gasteiger partial charge in [-0.2, -0.15) is 0 Å². The van der Waals surface area contributed by atoms with Gasteiger partial charge in [0.1, 0.15) is 18.8 Å². The van der Waals surface area contributed by atoms with E-state index in [-0.39, 0.29) is 16.3 Å². The second-order valence-electron chi connectivity index (χ2n) is 5.77. The number of nitrogens with zero attached hydrogens (tertiary/aromatic N) is 2. The van der Waals surface area contributed by atoms with Gasteiger partial charge in [-0.1, -0.05) is 11.6 Å². The third kappa shape index (κ3) is 3.62. The number of fused-ring (bicyclic) bond motifs is 1. The summed E-state index contributed by atoms with van der Waals surface area (Å²) in [5.41, 5.74) is 0.987. The first-order valence-corrected chi connectivity index (χ1v) is 9.38. The standard InChI is InChI=1S/C18H12ClN3O5S/c19-11-2-3-12(14(8-11)22(24)25)17(23)21-18-20-13(9-28-18)10-1-4-15-16(7-10)27-6-5-26-15/h1-4,7-9H,5-6H2,(H,20,21,23). The Hall–Kier alpha value is -3.17. The van der Waals surface area contributed by atoms with Crippen molar-refractivity contribution in [3.05, 3.63) is 62.5 Å².